The third-order valence-corrected chi connectivity index (χ3v) is 5.30. The normalized spacial score (nSPS) is 14.5. The molecule has 4 aromatic rings. The van der Waals surface area contributed by atoms with Crippen LogP contribution in [0, 0.1) is 0 Å². The second-order valence-corrected chi connectivity index (χ2v) is 6.50. The molecule has 0 bridgehead atoms. The van der Waals surface area contributed by atoms with Crippen LogP contribution in [-0.4, -0.2) is 0 Å². The molecule has 0 saturated carbocycles. The van der Waals surface area contributed by atoms with Crippen molar-refractivity contribution in [3.05, 3.63) is 131 Å². The van der Waals surface area contributed by atoms with E-state index in [1.54, 1.807) is 0 Å². The van der Waals surface area contributed by atoms with Crippen LogP contribution in [-0.2, 0) is 5.41 Å². The Morgan fingerprint density at radius 1 is 0.480 bits per heavy atom. The summed E-state index contributed by atoms with van der Waals surface area (Å²) >= 11 is 0. The third-order valence-electron chi connectivity index (χ3n) is 5.30. The minimum Gasteiger partial charge on any atom is -0.0622 e. The third kappa shape index (κ3) is 1.88. The van der Waals surface area contributed by atoms with Gasteiger partial charge in [-0.3, -0.25) is 0 Å². The largest absolute Gasteiger partial charge is 0.0713 e. The molecule has 0 heterocycles. The van der Waals surface area contributed by atoms with Crippen LogP contribution in [0.3, 0.4) is 0 Å². The maximum absolute atomic E-state index is 8.27. The van der Waals surface area contributed by atoms with E-state index in [9.17, 15) is 0 Å². The summed E-state index contributed by atoms with van der Waals surface area (Å²) in [6.07, 6.45) is 0. The van der Waals surface area contributed by atoms with Gasteiger partial charge in [0.15, 0.2) is 0 Å². The van der Waals surface area contributed by atoms with Crippen molar-refractivity contribution in [1.29, 1.82) is 0 Å². The zero-order chi connectivity index (χ0) is 17.6. The first-order valence-corrected chi connectivity index (χ1v) is 8.64. The van der Waals surface area contributed by atoms with Crippen LogP contribution in [0.5, 0.6) is 0 Å². The van der Waals surface area contributed by atoms with E-state index >= 15 is 0 Å². The van der Waals surface area contributed by atoms with Crippen molar-refractivity contribution in [2.75, 3.05) is 0 Å². The minimum absolute atomic E-state index is 0.383. The smallest absolute Gasteiger partial charge is 0.0622 e. The van der Waals surface area contributed by atoms with Gasteiger partial charge in [-0.15, -0.1) is 0 Å². The van der Waals surface area contributed by atoms with Crippen molar-refractivity contribution in [2.45, 2.75) is 5.41 Å². The summed E-state index contributed by atoms with van der Waals surface area (Å²) in [6, 6.07) is 36.6. The van der Waals surface area contributed by atoms with Crippen LogP contribution in [0.25, 0.3) is 11.1 Å². The van der Waals surface area contributed by atoms with E-state index in [4.69, 9.17) is 1.37 Å². The van der Waals surface area contributed by atoms with Gasteiger partial charge in [0, 0.05) is 0 Å². The van der Waals surface area contributed by atoms with Gasteiger partial charge in [-0.2, -0.15) is 0 Å². The number of rotatable bonds is 2. The van der Waals surface area contributed by atoms with Crippen LogP contribution >= 0.6 is 0 Å². The number of fused-ring (bicyclic) bond motifs is 3. The van der Waals surface area contributed by atoms with Crippen molar-refractivity contribution in [3.63, 3.8) is 0 Å². The molecule has 0 saturated heterocycles. The maximum Gasteiger partial charge on any atom is 0.0713 e. The molecule has 0 spiro atoms. The van der Waals surface area contributed by atoms with E-state index in [0.717, 1.165) is 0 Å². The molecule has 0 unspecified atom stereocenters. The van der Waals surface area contributed by atoms with Crippen LogP contribution in [0.1, 0.15) is 23.6 Å². The second kappa shape index (κ2) is 5.46. The fourth-order valence-corrected chi connectivity index (χ4v) is 4.33. The molecule has 4 aromatic carbocycles. The Hall–Kier alpha value is -3.12. The lowest BCUT2D eigenvalue weighted by Crippen LogP contribution is -2.28. The molecular weight excluding hydrogens is 300 g/mol. The van der Waals surface area contributed by atoms with Crippen molar-refractivity contribution in [2.24, 2.45) is 0 Å². The molecule has 0 aliphatic heterocycles. The maximum atomic E-state index is 8.27. The molecule has 5 rings (SSSR count). The lowest BCUT2D eigenvalue weighted by atomic mass is 9.68. The Morgan fingerprint density at radius 2 is 0.960 bits per heavy atom. The zero-order valence-corrected chi connectivity index (χ0v) is 13.8. The first-order valence-electron chi connectivity index (χ1n) is 9.14. The minimum atomic E-state index is -0.383. The average Bonchev–Trinajstić information content (AvgIpc) is 3.00. The molecule has 0 fully saturated rings. The van der Waals surface area contributed by atoms with Crippen LogP contribution < -0.4 is 0 Å². The van der Waals surface area contributed by atoms with E-state index in [1.165, 1.54) is 33.4 Å². The quantitative estimate of drug-likeness (QED) is 0.371. The molecule has 118 valence electrons. The molecule has 1 aliphatic carbocycles. The van der Waals surface area contributed by atoms with Gasteiger partial charge < -0.3 is 0 Å². The lowest BCUT2D eigenvalue weighted by molar-refractivity contribution is 0.768. The highest BCUT2D eigenvalue weighted by molar-refractivity contribution is 5.86. The van der Waals surface area contributed by atoms with Crippen molar-refractivity contribution >= 4 is 0 Å². The molecule has 0 N–H and O–H groups in total. The van der Waals surface area contributed by atoms with Crippen molar-refractivity contribution in [3.8, 4) is 11.1 Å². The van der Waals surface area contributed by atoms with E-state index < -0.39 is 0 Å². The summed E-state index contributed by atoms with van der Waals surface area (Å²) in [7, 11) is 0. The summed E-state index contributed by atoms with van der Waals surface area (Å²) < 4.78 is 8.27. The molecule has 0 amide bonds. The molecular formula is C25H18. The van der Waals surface area contributed by atoms with E-state index in [-0.39, 0.29) is 5.41 Å². The number of benzene rings is 4. The molecule has 0 aromatic heterocycles. The monoisotopic (exact) mass is 319 g/mol. The molecule has 0 radical (unpaired) electrons. The van der Waals surface area contributed by atoms with Gasteiger partial charge in [-0.25, -0.2) is 0 Å². The van der Waals surface area contributed by atoms with E-state index in [0.29, 0.717) is 6.04 Å². The topological polar surface area (TPSA) is 0 Å². The summed E-state index contributed by atoms with van der Waals surface area (Å²) in [5.74, 6) is 0. The predicted molar refractivity (Wildman–Crippen MR) is 104 cm³/mol. The standard InChI is InChI=1S/C25H18/c1-3-11-19(12-4-1)25(20-13-5-2-6-14-20)23-17-9-7-15-21(23)22-16-8-10-18-24(22)25/h1-18H/i9D. The summed E-state index contributed by atoms with van der Waals surface area (Å²) in [4.78, 5) is 0. The van der Waals surface area contributed by atoms with Crippen molar-refractivity contribution in [1.82, 2.24) is 0 Å². The Morgan fingerprint density at radius 3 is 1.60 bits per heavy atom. The van der Waals surface area contributed by atoms with Crippen LogP contribution in [0.4, 0.5) is 0 Å². The Kier molecular flexibility index (Phi) is 2.88. The fraction of sp³-hybridized carbons (Fsp3) is 0.0400. The van der Waals surface area contributed by atoms with E-state index in [2.05, 4.69) is 91.0 Å². The SMILES string of the molecule is [2H]c1ccc2c(c1)C(c1ccccc1)(c1ccccc1)c1ccccc1-2. The fourth-order valence-electron chi connectivity index (χ4n) is 4.33. The van der Waals surface area contributed by atoms with Gasteiger partial charge in [-0.05, 0) is 33.4 Å². The van der Waals surface area contributed by atoms with Gasteiger partial charge in [-0.1, -0.05) is 109 Å². The molecule has 0 heteroatoms. The van der Waals surface area contributed by atoms with Crippen LogP contribution in [0.15, 0.2) is 109 Å². The summed E-state index contributed by atoms with van der Waals surface area (Å²) in [6.45, 7) is 0. The Labute approximate surface area is 149 Å². The molecule has 0 nitrogen and oxygen atoms in total. The number of hydrogen-bond donors (Lipinski definition) is 0. The van der Waals surface area contributed by atoms with Gasteiger partial charge in [0.25, 0.3) is 0 Å². The van der Waals surface area contributed by atoms with Gasteiger partial charge in [0.05, 0.1) is 6.79 Å². The average molecular weight is 319 g/mol. The second-order valence-electron chi connectivity index (χ2n) is 6.50. The van der Waals surface area contributed by atoms with Crippen molar-refractivity contribution < 1.29 is 1.37 Å². The van der Waals surface area contributed by atoms with Gasteiger partial charge in [0.2, 0.25) is 0 Å². The van der Waals surface area contributed by atoms with Crippen LogP contribution in [0.2, 0.25) is 0 Å². The van der Waals surface area contributed by atoms with E-state index in [1.807, 2.05) is 12.1 Å². The number of hydrogen-bond acceptors (Lipinski definition) is 0. The summed E-state index contributed by atoms with van der Waals surface area (Å²) in [5, 5.41) is 0. The molecule has 0 atom stereocenters. The first kappa shape index (κ1) is 13.2. The molecule has 25 heavy (non-hydrogen) atoms. The zero-order valence-electron chi connectivity index (χ0n) is 14.8. The first-order chi connectivity index (χ1) is 12.8. The highest BCUT2D eigenvalue weighted by atomic mass is 14.5. The Balaban J connectivity index is 1.99. The molecule has 1 aliphatic rings. The predicted octanol–water partition coefficient (Wildman–Crippen LogP) is 6.05. The van der Waals surface area contributed by atoms with Gasteiger partial charge in [0.1, 0.15) is 0 Å². The Bertz CT molecular complexity index is 1040. The lowest BCUT2D eigenvalue weighted by Gasteiger charge is -2.33. The highest BCUT2D eigenvalue weighted by Crippen LogP contribution is 2.55. The van der Waals surface area contributed by atoms with Gasteiger partial charge >= 0.3 is 0 Å². The highest BCUT2D eigenvalue weighted by Gasteiger charge is 2.45. The summed E-state index contributed by atoms with van der Waals surface area (Å²) in [5.41, 5.74) is 7.07.